The predicted molar refractivity (Wildman–Crippen MR) is 105 cm³/mol. The number of amides is 2. The average molecular weight is 429 g/mol. The highest BCUT2D eigenvalue weighted by molar-refractivity contribution is 9.10. The molecule has 0 spiro atoms. The van der Waals surface area contributed by atoms with Crippen molar-refractivity contribution >= 4 is 50.7 Å². The molecule has 0 aromatic heterocycles. The molecule has 0 aliphatic carbocycles. The van der Waals surface area contributed by atoms with Crippen LogP contribution < -0.4 is 10.2 Å². The fourth-order valence-corrected chi connectivity index (χ4v) is 3.40. The highest BCUT2D eigenvalue weighted by atomic mass is 79.9. The number of hydrogen-bond donors (Lipinski definition) is 1. The summed E-state index contributed by atoms with van der Waals surface area (Å²) in [6.07, 6.45) is 0.339. The van der Waals surface area contributed by atoms with Crippen LogP contribution in [-0.2, 0) is 9.59 Å². The second kappa shape index (κ2) is 7.44. The Morgan fingerprint density at radius 2 is 1.78 bits per heavy atom. The van der Waals surface area contributed by atoms with E-state index in [-0.39, 0.29) is 11.3 Å². The second-order valence-electron chi connectivity index (χ2n) is 6.21. The van der Waals surface area contributed by atoms with Gasteiger partial charge in [-0.05, 0) is 55.8 Å². The van der Waals surface area contributed by atoms with Crippen LogP contribution in [0.25, 0.3) is 0 Å². The Morgan fingerprint density at radius 1 is 1.11 bits per heavy atom. The SMILES string of the molecule is CCC(C(=O)Nc1ccc(C(C)=O)cc1)N1C(=O)C(=O)c2cc(Br)ccc21. The monoisotopic (exact) mass is 428 g/mol. The zero-order valence-electron chi connectivity index (χ0n) is 14.8. The van der Waals surface area contributed by atoms with Gasteiger partial charge in [-0.3, -0.25) is 24.1 Å². The molecule has 0 bridgehead atoms. The highest BCUT2D eigenvalue weighted by Gasteiger charge is 2.41. The molecule has 2 amide bonds. The van der Waals surface area contributed by atoms with Gasteiger partial charge in [-0.1, -0.05) is 22.9 Å². The van der Waals surface area contributed by atoms with Crippen LogP contribution in [0.15, 0.2) is 46.9 Å². The Morgan fingerprint density at radius 3 is 2.37 bits per heavy atom. The lowest BCUT2D eigenvalue weighted by Gasteiger charge is -2.26. The predicted octanol–water partition coefficient (Wildman–Crippen LogP) is 3.60. The van der Waals surface area contributed by atoms with E-state index in [1.165, 1.54) is 11.8 Å². The molecule has 7 heteroatoms. The molecule has 1 atom stereocenters. The van der Waals surface area contributed by atoms with Gasteiger partial charge in [0.1, 0.15) is 6.04 Å². The first-order valence-corrected chi connectivity index (χ1v) is 9.22. The van der Waals surface area contributed by atoms with Crippen LogP contribution in [0.3, 0.4) is 0 Å². The van der Waals surface area contributed by atoms with Crippen molar-refractivity contribution in [2.24, 2.45) is 0 Å². The van der Waals surface area contributed by atoms with Gasteiger partial charge in [-0.15, -0.1) is 0 Å². The zero-order chi connectivity index (χ0) is 19.7. The maximum Gasteiger partial charge on any atom is 0.300 e. The Bertz CT molecular complexity index is 953. The summed E-state index contributed by atoms with van der Waals surface area (Å²) in [5, 5.41) is 2.75. The Balaban J connectivity index is 1.86. The molecule has 1 N–H and O–H groups in total. The van der Waals surface area contributed by atoms with Crippen LogP contribution in [-0.4, -0.2) is 29.4 Å². The number of nitrogens with one attached hydrogen (secondary N) is 1. The number of ketones is 2. The molecule has 1 aliphatic rings. The van der Waals surface area contributed by atoms with Crippen molar-refractivity contribution in [3.63, 3.8) is 0 Å². The maximum atomic E-state index is 12.8. The van der Waals surface area contributed by atoms with Gasteiger partial charge >= 0.3 is 0 Å². The normalized spacial score (nSPS) is 14.1. The number of benzene rings is 2. The van der Waals surface area contributed by atoms with Gasteiger partial charge in [0, 0.05) is 15.7 Å². The van der Waals surface area contributed by atoms with Crippen LogP contribution in [0.5, 0.6) is 0 Å². The summed E-state index contributed by atoms with van der Waals surface area (Å²) in [7, 11) is 0. The Labute approximate surface area is 164 Å². The first kappa shape index (κ1) is 19.0. The summed E-state index contributed by atoms with van der Waals surface area (Å²) >= 11 is 3.29. The Hall–Kier alpha value is -2.80. The lowest BCUT2D eigenvalue weighted by Crippen LogP contribution is -2.46. The van der Waals surface area contributed by atoms with E-state index in [0.717, 1.165) is 0 Å². The summed E-state index contributed by atoms with van der Waals surface area (Å²) in [6, 6.07) is 10.6. The lowest BCUT2D eigenvalue weighted by atomic mass is 10.1. The first-order valence-electron chi connectivity index (χ1n) is 8.42. The summed E-state index contributed by atoms with van der Waals surface area (Å²) in [6.45, 7) is 3.24. The standard InChI is InChI=1S/C20H17BrN2O4/c1-3-16(19(26)22-14-7-4-12(5-8-14)11(2)24)23-17-9-6-13(21)10-15(17)18(25)20(23)27/h4-10,16H,3H2,1-2H3,(H,22,26). The van der Waals surface area contributed by atoms with Crippen molar-refractivity contribution in [3.8, 4) is 0 Å². The fourth-order valence-electron chi connectivity index (χ4n) is 3.04. The van der Waals surface area contributed by atoms with Crippen LogP contribution >= 0.6 is 15.9 Å². The number of nitrogens with zero attached hydrogens (tertiary/aromatic N) is 1. The first-order chi connectivity index (χ1) is 12.8. The van der Waals surface area contributed by atoms with Crippen LogP contribution in [0.4, 0.5) is 11.4 Å². The van der Waals surface area contributed by atoms with Gasteiger partial charge in [0.2, 0.25) is 5.91 Å². The minimum Gasteiger partial charge on any atom is -0.324 e. The molecule has 2 aromatic rings. The van der Waals surface area contributed by atoms with Gasteiger partial charge < -0.3 is 5.32 Å². The van der Waals surface area contributed by atoms with Crippen molar-refractivity contribution in [2.75, 3.05) is 10.2 Å². The van der Waals surface area contributed by atoms with Gasteiger partial charge in [0.25, 0.3) is 11.7 Å². The topological polar surface area (TPSA) is 83.6 Å². The molecule has 1 unspecified atom stereocenters. The molecule has 0 saturated carbocycles. The lowest BCUT2D eigenvalue weighted by molar-refractivity contribution is -0.121. The molecular formula is C20H17BrN2O4. The number of halogens is 1. The summed E-state index contributed by atoms with van der Waals surface area (Å²) < 4.78 is 0.687. The minimum atomic E-state index is -0.823. The van der Waals surface area contributed by atoms with E-state index < -0.39 is 23.6 Å². The number of carbonyl (C=O) groups excluding carboxylic acids is 4. The van der Waals surface area contributed by atoms with Crippen molar-refractivity contribution in [1.29, 1.82) is 0 Å². The third kappa shape index (κ3) is 3.55. The fraction of sp³-hybridized carbons (Fsp3) is 0.200. The van der Waals surface area contributed by atoms with Crippen molar-refractivity contribution < 1.29 is 19.2 Å². The van der Waals surface area contributed by atoms with Crippen LogP contribution in [0.1, 0.15) is 41.0 Å². The summed E-state index contributed by atoms with van der Waals surface area (Å²) in [5.41, 5.74) is 1.77. The summed E-state index contributed by atoms with van der Waals surface area (Å²) in [5.74, 6) is -1.80. The molecule has 0 fully saturated rings. The van der Waals surface area contributed by atoms with Gasteiger partial charge in [-0.2, -0.15) is 0 Å². The van der Waals surface area contributed by atoms with Gasteiger partial charge in [0.15, 0.2) is 5.78 Å². The third-order valence-corrected chi connectivity index (χ3v) is 4.93. The molecule has 27 heavy (non-hydrogen) atoms. The van der Waals surface area contributed by atoms with E-state index in [2.05, 4.69) is 21.2 Å². The number of fused-ring (bicyclic) bond motifs is 1. The Kier molecular flexibility index (Phi) is 5.23. The van der Waals surface area contributed by atoms with E-state index in [1.54, 1.807) is 49.4 Å². The number of carbonyl (C=O) groups is 4. The number of anilines is 2. The molecule has 138 valence electrons. The van der Waals surface area contributed by atoms with Gasteiger partial charge in [-0.25, -0.2) is 0 Å². The largest absolute Gasteiger partial charge is 0.324 e. The number of hydrogen-bond acceptors (Lipinski definition) is 4. The third-order valence-electron chi connectivity index (χ3n) is 4.44. The van der Waals surface area contributed by atoms with E-state index in [1.807, 2.05) is 0 Å². The number of rotatable bonds is 5. The highest BCUT2D eigenvalue weighted by Crippen LogP contribution is 2.33. The van der Waals surface area contributed by atoms with E-state index >= 15 is 0 Å². The van der Waals surface area contributed by atoms with E-state index in [4.69, 9.17) is 0 Å². The van der Waals surface area contributed by atoms with Crippen molar-refractivity contribution in [2.45, 2.75) is 26.3 Å². The van der Waals surface area contributed by atoms with Gasteiger partial charge in [0.05, 0.1) is 11.3 Å². The molecule has 0 saturated heterocycles. The van der Waals surface area contributed by atoms with Crippen LogP contribution in [0.2, 0.25) is 0 Å². The zero-order valence-corrected chi connectivity index (χ0v) is 16.4. The van der Waals surface area contributed by atoms with Crippen LogP contribution in [0, 0.1) is 0 Å². The molecule has 3 rings (SSSR count). The molecule has 0 radical (unpaired) electrons. The van der Waals surface area contributed by atoms with E-state index in [9.17, 15) is 19.2 Å². The average Bonchev–Trinajstić information content (AvgIpc) is 2.88. The summed E-state index contributed by atoms with van der Waals surface area (Å²) in [4.78, 5) is 50.2. The number of Topliss-reactive ketones (excluding diaryl/α,β-unsaturated/α-hetero) is 2. The maximum absolute atomic E-state index is 12.8. The quantitative estimate of drug-likeness (QED) is 0.582. The molecular weight excluding hydrogens is 412 g/mol. The van der Waals surface area contributed by atoms with E-state index in [0.29, 0.717) is 27.8 Å². The van der Waals surface area contributed by atoms with Crippen molar-refractivity contribution in [3.05, 3.63) is 58.1 Å². The second-order valence-corrected chi connectivity index (χ2v) is 7.13. The smallest absolute Gasteiger partial charge is 0.300 e. The molecule has 1 aliphatic heterocycles. The molecule has 6 nitrogen and oxygen atoms in total. The van der Waals surface area contributed by atoms with Crippen molar-refractivity contribution in [1.82, 2.24) is 0 Å². The minimum absolute atomic E-state index is 0.0664. The molecule has 1 heterocycles. The molecule has 2 aromatic carbocycles.